The molecule has 1 fully saturated rings. The van der Waals surface area contributed by atoms with Gasteiger partial charge in [0, 0.05) is 6.04 Å². The van der Waals surface area contributed by atoms with Crippen molar-refractivity contribution in [2.45, 2.75) is 71.6 Å². The van der Waals surface area contributed by atoms with Crippen LogP contribution in [0.1, 0.15) is 53.4 Å². The lowest BCUT2D eigenvalue weighted by Gasteiger charge is -2.24. The molecule has 0 aromatic rings. The van der Waals surface area contributed by atoms with Crippen LogP contribution in [0.15, 0.2) is 0 Å². The molecule has 0 spiro atoms. The smallest absolute Gasteiger partial charge is 0.0582 e. The molecule has 1 N–H and O–H groups in total. The molecule has 15 heavy (non-hydrogen) atoms. The Kier molecular flexibility index (Phi) is 5.62. The molecule has 2 heteroatoms. The van der Waals surface area contributed by atoms with Gasteiger partial charge in [-0.25, -0.2) is 0 Å². The van der Waals surface area contributed by atoms with Gasteiger partial charge in [-0.3, -0.25) is 0 Å². The lowest BCUT2D eigenvalue weighted by Crippen LogP contribution is -2.34. The van der Waals surface area contributed by atoms with E-state index in [-0.39, 0.29) is 0 Å². The lowest BCUT2D eigenvalue weighted by molar-refractivity contribution is 0.0393. The second-order valence-corrected chi connectivity index (χ2v) is 5.10. The monoisotopic (exact) mass is 213 g/mol. The molecule has 0 aromatic heterocycles. The van der Waals surface area contributed by atoms with Gasteiger partial charge >= 0.3 is 0 Å². The molecule has 1 aliphatic rings. The molecule has 4 atom stereocenters. The van der Waals surface area contributed by atoms with Gasteiger partial charge in [0.25, 0.3) is 0 Å². The fourth-order valence-electron chi connectivity index (χ4n) is 2.25. The number of hydrogen-bond acceptors (Lipinski definition) is 2. The topological polar surface area (TPSA) is 21.3 Å². The van der Waals surface area contributed by atoms with E-state index in [1.54, 1.807) is 0 Å². The van der Waals surface area contributed by atoms with Gasteiger partial charge in [0.15, 0.2) is 0 Å². The molecule has 0 radical (unpaired) electrons. The van der Waals surface area contributed by atoms with Gasteiger partial charge in [-0.2, -0.15) is 0 Å². The maximum absolute atomic E-state index is 5.86. The molecular formula is C13H27NO. The normalized spacial score (nSPS) is 30.4. The summed E-state index contributed by atoms with van der Waals surface area (Å²) in [6, 6.07) is 0.615. The van der Waals surface area contributed by atoms with Gasteiger partial charge < -0.3 is 10.1 Å². The molecule has 0 amide bonds. The zero-order valence-corrected chi connectivity index (χ0v) is 10.8. The van der Waals surface area contributed by atoms with Crippen molar-refractivity contribution in [2.75, 3.05) is 6.54 Å². The minimum atomic E-state index is 0.487. The van der Waals surface area contributed by atoms with E-state index in [9.17, 15) is 0 Å². The van der Waals surface area contributed by atoms with E-state index < -0.39 is 0 Å². The molecular weight excluding hydrogens is 186 g/mol. The predicted molar refractivity (Wildman–Crippen MR) is 65.1 cm³/mol. The SMILES string of the molecule is CCCNC(C)C(C)CC1CCC(C)O1. The molecule has 1 saturated heterocycles. The second-order valence-electron chi connectivity index (χ2n) is 5.10. The fraction of sp³-hybridized carbons (Fsp3) is 1.00. The van der Waals surface area contributed by atoms with Crippen LogP contribution in [-0.2, 0) is 4.74 Å². The third kappa shape index (κ3) is 4.52. The predicted octanol–water partition coefficient (Wildman–Crippen LogP) is 2.97. The van der Waals surface area contributed by atoms with Gasteiger partial charge in [-0.15, -0.1) is 0 Å². The first-order valence-electron chi connectivity index (χ1n) is 6.52. The average Bonchev–Trinajstić information content (AvgIpc) is 2.60. The van der Waals surface area contributed by atoms with E-state index in [4.69, 9.17) is 4.74 Å². The van der Waals surface area contributed by atoms with Crippen molar-refractivity contribution >= 4 is 0 Å². The van der Waals surface area contributed by atoms with Gasteiger partial charge in [0.2, 0.25) is 0 Å². The third-order valence-corrected chi connectivity index (χ3v) is 3.52. The van der Waals surface area contributed by atoms with Crippen molar-refractivity contribution in [3.63, 3.8) is 0 Å². The molecule has 0 bridgehead atoms. The van der Waals surface area contributed by atoms with Crippen LogP contribution in [-0.4, -0.2) is 24.8 Å². The Labute approximate surface area is 94.8 Å². The van der Waals surface area contributed by atoms with E-state index >= 15 is 0 Å². The van der Waals surface area contributed by atoms with E-state index in [1.807, 2.05) is 0 Å². The van der Waals surface area contributed by atoms with Crippen molar-refractivity contribution < 1.29 is 4.74 Å². The first-order chi connectivity index (χ1) is 7.13. The van der Waals surface area contributed by atoms with Crippen LogP contribution in [0.3, 0.4) is 0 Å². The standard InChI is InChI=1S/C13H27NO/c1-5-8-14-12(4)10(2)9-13-7-6-11(3)15-13/h10-14H,5-9H2,1-4H3. The highest BCUT2D eigenvalue weighted by Gasteiger charge is 2.25. The van der Waals surface area contributed by atoms with Crippen molar-refractivity contribution in [2.24, 2.45) is 5.92 Å². The maximum Gasteiger partial charge on any atom is 0.0582 e. The van der Waals surface area contributed by atoms with Crippen LogP contribution < -0.4 is 5.32 Å². The van der Waals surface area contributed by atoms with Crippen molar-refractivity contribution in [1.82, 2.24) is 5.32 Å². The Hall–Kier alpha value is -0.0800. The minimum absolute atomic E-state index is 0.487. The highest BCUT2D eigenvalue weighted by molar-refractivity contribution is 4.77. The second kappa shape index (κ2) is 6.49. The zero-order chi connectivity index (χ0) is 11.3. The molecule has 0 aromatic carbocycles. The number of ether oxygens (including phenoxy) is 1. The maximum atomic E-state index is 5.86. The molecule has 1 rings (SSSR count). The highest BCUT2D eigenvalue weighted by atomic mass is 16.5. The summed E-state index contributed by atoms with van der Waals surface area (Å²) in [5.74, 6) is 0.715. The first kappa shape index (κ1) is 13.0. The van der Waals surface area contributed by atoms with Crippen molar-refractivity contribution in [3.05, 3.63) is 0 Å². The van der Waals surface area contributed by atoms with E-state index in [0.29, 0.717) is 24.2 Å². The van der Waals surface area contributed by atoms with Crippen LogP contribution >= 0.6 is 0 Å². The largest absolute Gasteiger partial charge is 0.375 e. The summed E-state index contributed by atoms with van der Waals surface area (Å²) < 4.78 is 5.86. The summed E-state index contributed by atoms with van der Waals surface area (Å²) in [7, 11) is 0. The van der Waals surface area contributed by atoms with Crippen molar-refractivity contribution in [3.8, 4) is 0 Å². The van der Waals surface area contributed by atoms with Gasteiger partial charge in [-0.05, 0) is 52.0 Å². The van der Waals surface area contributed by atoms with E-state index in [2.05, 4.69) is 33.0 Å². The van der Waals surface area contributed by atoms with Crippen LogP contribution in [0, 0.1) is 5.92 Å². The Morgan fingerprint density at radius 3 is 2.60 bits per heavy atom. The fourth-order valence-corrected chi connectivity index (χ4v) is 2.25. The summed E-state index contributed by atoms with van der Waals surface area (Å²) in [6.45, 7) is 10.2. The Morgan fingerprint density at radius 1 is 1.33 bits per heavy atom. The number of hydrogen-bond donors (Lipinski definition) is 1. The molecule has 0 saturated carbocycles. The molecule has 4 unspecified atom stereocenters. The molecule has 90 valence electrons. The summed E-state index contributed by atoms with van der Waals surface area (Å²) in [5, 5.41) is 3.56. The lowest BCUT2D eigenvalue weighted by atomic mass is 9.95. The molecule has 2 nitrogen and oxygen atoms in total. The molecule has 0 aliphatic carbocycles. The van der Waals surface area contributed by atoms with Gasteiger partial charge in [0.1, 0.15) is 0 Å². The summed E-state index contributed by atoms with van der Waals surface area (Å²) in [4.78, 5) is 0. The summed E-state index contributed by atoms with van der Waals surface area (Å²) in [5.41, 5.74) is 0. The van der Waals surface area contributed by atoms with Crippen LogP contribution in [0.2, 0.25) is 0 Å². The average molecular weight is 213 g/mol. The Morgan fingerprint density at radius 2 is 2.07 bits per heavy atom. The third-order valence-electron chi connectivity index (χ3n) is 3.52. The van der Waals surface area contributed by atoms with Crippen LogP contribution in [0.25, 0.3) is 0 Å². The molecule has 1 aliphatic heterocycles. The highest BCUT2D eigenvalue weighted by Crippen LogP contribution is 2.25. The van der Waals surface area contributed by atoms with Crippen molar-refractivity contribution in [1.29, 1.82) is 0 Å². The number of rotatable bonds is 6. The van der Waals surface area contributed by atoms with E-state index in [1.165, 1.54) is 25.7 Å². The van der Waals surface area contributed by atoms with E-state index in [0.717, 1.165) is 6.54 Å². The summed E-state index contributed by atoms with van der Waals surface area (Å²) >= 11 is 0. The summed E-state index contributed by atoms with van der Waals surface area (Å²) in [6.07, 6.45) is 5.93. The minimum Gasteiger partial charge on any atom is -0.375 e. The van der Waals surface area contributed by atoms with Gasteiger partial charge in [0.05, 0.1) is 12.2 Å². The number of nitrogens with one attached hydrogen (secondary N) is 1. The quantitative estimate of drug-likeness (QED) is 0.732. The Balaban J connectivity index is 2.19. The zero-order valence-electron chi connectivity index (χ0n) is 10.8. The molecule has 1 heterocycles. The van der Waals surface area contributed by atoms with Crippen LogP contribution in [0.5, 0.6) is 0 Å². The van der Waals surface area contributed by atoms with Gasteiger partial charge in [-0.1, -0.05) is 13.8 Å². The van der Waals surface area contributed by atoms with Crippen LogP contribution in [0.4, 0.5) is 0 Å². The first-order valence-corrected chi connectivity index (χ1v) is 6.52. The Bertz CT molecular complexity index is 172.